The molecule has 0 aliphatic heterocycles. The Kier molecular flexibility index (Phi) is 34.8. The van der Waals surface area contributed by atoms with Crippen molar-refractivity contribution in [3.8, 4) is 47.0 Å². The smallest absolute Gasteiger partial charge is 0.356 e. The van der Waals surface area contributed by atoms with Crippen molar-refractivity contribution >= 4 is 117 Å². The Morgan fingerprint density at radius 2 is 0.552 bits per heavy atom. The fourth-order valence-corrected chi connectivity index (χ4v) is 10.7. The van der Waals surface area contributed by atoms with E-state index in [0.29, 0.717) is 11.1 Å². The molecule has 0 atom stereocenters. The summed E-state index contributed by atoms with van der Waals surface area (Å²) in [6.07, 6.45) is 0. The highest BCUT2D eigenvalue weighted by Gasteiger charge is 2.30. The van der Waals surface area contributed by atoms with Crippen molar-refractivity contribution in [2.45, 2.75) is 93.7 Å². The molecule has 0 fully saturated rings. The first-order valence-electron chi connectivity index (χ1n) is 40.0. The van der Waals surface area contributed by atoms with Crippen molar-refractivity contribution in [3.05, 3.63) is 235 Å². The predicted octanol–water partition coefficient (Wildman–Crippen LogP) is 11.0. The average molecular weight is 1850 g/mol. The highest BCUT2D eigenvalue weighted by atomic mass is 16.6. The number of ether oxygens (including phenoxy) is 12. The molecule has 0 aliphatic rings. The molecular formula is C88H88N16O30. The summed E-state index contributed by atoms with van der Waals surface area (Å²) in [5.41, 5.74) is -4.00. The molecular weight excluding hydrogens is 1760 g/mol. The highest BCUT2D eigenvalue weighted by molar-refractivity contribution is 6.09. The van der Waals surface area contributed by atoms with Gasteiger partial charge >= 0.3 is 47.2 Å². The van der Waals surface area contributed by atoms with E-state index in [4.69, 9.17) is 57.2 Å². The molecule has 0 radical (unpaired) electrons. The quantitative estimate of drug-likeness (QED) is 0.00765. The van der Waals surface area contributed by atoms with Crippen LogP contribution in [0.4, 0.5) is 45.5 Å². The third-order valence-electron chi connectivity index (χ3n) is 16.6. The number of hydrogen-bond donors (Lipinski definition) is 8. The van der Waals surface area contributed by atoms with E-state index >= 15 is 0 Å². The molecule has 10 aromatic rings. The molecule has 0 saturated heterocycles. The van der Waals surface area contributed by atoms with Gasteiger partial charge in [0.25, 0.3) is 47.2 Å². The molecule has 0 unspecified atom stereocenters. The molecule has 6 amide bonds. The number of aromatic nitrogens is 8. The van der Waals surface area contributed by atoms with Gasteiger partial charge < -0.3 is 99.0 Å². The maximum absolute atomic E-state index is 14.0. The molecule has 46 heteroatoms. The molecule has 134 heavy (non-hydrogen) atoms. The Bertz CT molecular complexity index is 6070. The highest BCUT2D eigenvalue weighted by Crippen LogP contribution is 2.35. The Balaban J connectivity index is 0.000000303. The van der Waals surface area contributed by atoms with Crippen LogP contribution in [0.2, 0.25) is 0 Å². The van der Waals surface area contributed by atoms with E-state index in [1.807, 2.05) is 27.7 Å². The number of benzene rings is 2. The molecule has 0 saturated carbocycles. The lowest BCUT2D eigenvalue weighted by Crippen LogP contribution is -2.28. The van der Waals surface area contributed by atoms with E-state index < -0.39 is 148 Å². The third-order valence-corrected chi connectivity index (χ3v) is 16.6. The first-order chi connectivity index (χ1) is 63.6. The number of hydrogen-bond acceptors (Lipinski definition) is 36. The molecule has 46 nitrogen and oxygen atoms in total. The fourth-order valence-electron chi connectivity index (χ4n) is 10.7. The van der Waals surface area contributed by atoms with E-state index in [1.54, 1.807) is 102 Å². The Morgan fingerprint density at radius 1 is 0.321 bits per heavy atom. The molecule has 0 aliphatic carbocycles. The summed E-state index contributed by atoms with van der Waals surface area (Å²) in [6, 6.07) is 37.0. The zero-order valence-electron chi connectivity index (χ0n) is 73.6. The lowest BCUT2D eigenvalue weighted by Gasteiger charge is -2.20. The van der Waals surface area contributed by atoms with Gasteiger partial charge in [-0.3, -0.25) is 49.0 Å². The summed E-state index contributed by atoms with van der Waals surface area (Å²) < 4.78 is 64.7. The van der Waals surface area contributed by atoms with Crippen molar-refractivity contribution in [1.29, 1.82) is 0 Å². The summed E-state index contributed by atoms with van der Waals surface area (Å²) in [5.74, 6) is -14.2. The number of rotatable bonds is 40. The van der Waals surface area contributed by atoms with E-state index in [1.165, 1.54) is 66.7 Å². The molecule has 2 aromatic carbocycles. The van der Waals surface area contributed by atoms with Gasteiger partial charge in [0.05, 0.1) is 37.3 Å². The van der Waals surface area contributed by atoms with Crippen molar-refractivity contribution in [2.75, 3.05) is 85.8 Å². The first-order valence-corrected chi connectivity index (χ1v) is 40.0. The number of carboxylic acid groups (broad SMARTS) is 2. The van der Waals surface area contributed by atoms with Crippen molar-refractivity contribution in [3.63, 3.8) is 0 Å². The minimum Gasteiger partial charge on any atom is -0.479 e. The Hall–Kier alpha value is -17.5. The number of methoxy groups -OCH3 is 2. The van der Waals surface area contributed by atoms with Crippen LogP contribution < -0.4 is 69.8 Å². The number of nitro groups is 2. The van der Waals surface area contributed by atoms with Gasteiger partial charge in [-0.15, -0.1) is 0 Å². The van der Waals surface area contributed by atoms with Crippen molar-refractivity contribution in [2.24, 2.45) is 11.8 Å². The maximum Gasteiger partial charge on any atom is 0.356 e. The van der Waals surface area contributed by atoms with Crippen LogP contribution in [0.15, 0.2) is 158 Å². The first kappa shape index (κ1) is 100. The van der Waals surface area contributed by atoms with E-state index in [2.05, 4.69) is 76.5 Å². The minimum absolute atomic E-state index is 0.000712. The number of amides is 6. The van der Waals surface area contributed by atoms with Gasteiger partial charge in [-0.05, 0) is 149 Å². The Morgan fingerprint density at radius 3 is 0.791 bits per heavy atom. The normalized spacial score (nSPS) is 10.9. The van der Waals surface area contributed by atoms with Gasteiger partial charge in [-0.1, -0.05) is 88.4 Å². The topological polar surface area (TPSA) is 618 Å². The summed E-state index contributed by atoms with van der Waals surface area (Å²) in [5, 5.41) is 56.9. The minimum atomic E-state index is -1.43. The standard InChI is InChI=1S/C48H52N8O15.C40H36N8O15/c1-27(2)23-66-45-36(56(63)64)22-21-31(54-45)41(61)49-32-17-15-29(52-42(32)67-24-28-13-11-10-12-14-28)39(59)50-33-18-16-30(53-43(33)68-25-37(57)70-47(3,4)5)40(60)51-34-19-20-35(46(62)65-9)55-44(34)69-26-38(58)71-48(6,7)8;1-21(2)17-60-39-30(48(57)58)16-15-25(46-39)35(55)41-26-11-9-23(44-36(26)61-18-22-7-5-4-6-8-22)33(53)42-27-12-10-24(45-37(27)62-19-31(49)50)34(54)43-28-13-14-29(40(56)59-3)47-38(28)63-20-32(51)52/h10-22,27H,23-26H2,1-9H3,(H,49,61)(H,50,59)(H,51,60);4-16,21H,17-20H2,1-3H3,(H,41,55)(H,42,53)(H,43,54)(H,49,50)(H,51,52). The van der Waals surface area contributed by atoms with E-state index in [-0.39, 0.29) is 147 Å². The van der Waals surface area contributed by atoms with Crippen LogP contribution in [0.1, 0.15) is 164 Å². The Labute approximate surface area is 760 Å². The third kappa shape index (κ3) is 30.3. The molecule has 0 bridgehead atoms. The van der Waals surface area contributed by atoms with Crippen molar-refractivity contribution in [1.82, 2.24) is 39.9 Å². The lowest BCUT2D eigenvalue weighted by molar-refractivity contribution is -0.386. The number of pyridine rings is 8. The molecule has 8 N–H and O–H groups in total. The zero-order valence-corrected chi connectivity index (χ0v) is 73.6. The number of nitrogens with zero attached hydrogens (tertiary/aromatic N) is 10. The van der Waals surface area contributed by atoms with Gasteiger partial charge in [-0.2, -0.15) is 0 Å². The molecule has 10 rings (SSSR count). The van der Waals surface area contributed by atoms with Crippen molar-refractivity contribution < 1.29 is 134 Å². The van der Waals surface area contributed by atoms with E-state index in [9.17, 15) is 82.9 Å². The molecule has 700 valence electrons. The molecule has 0 spiro atoms. The number of carboxylic acids is 2. The average Bonchev–Trinajstić information content (AvgIpc) is 0.818. The van der Waals surface area contributed by atoms with Gasteiger partial charge in [0.2, 0.25) is 35.3 Å². The van der Waals surface area contributed by atoms with Gasteiger partial charge in [0.15, 0.2) is 37.8 Å². The number of anilines is 6. The second kappa shape index (κ2) is 46.5. The summed E-state index contributed by atoms with van der Waals surface area (Å²) in [6.45, 7) is 14.1. The fraction of sp³-hybridized carbons (Fsp3) is 0.273. The number of carbonyl (C=O) groups is 12. The number of carbonyl (C=O) groups excluding carboxylic acids is 10. The SMILES string of the molecule is COC(=O)c1ccc(NC(=O)c2ccc(NC(=O)c3ccc(NC(=O)c4ccc([N+](=O)[O-])c(OCC(C)C)n4)c(OCc4ccccc4)n3)c(OCC(=O)O)n2)c(OCC(=O)O)n1.COC(=O)c1ccc(NC(=O)c2ccc(NC(=O)c3ccc(NC(=O)c4ccc([N+](=O)[O-])c(OCC(C)C)n4)c(OCc4ccccc4)n3)c(OCC(=O)OC(C)(C)C)n2)c(OCC(=O)OC(C)(C)C)n1. The van der Waals surface area contributed by atoms with Crippen LogP contribution in [0.5, 0.6) is 47.0 Å². The maximum atomic E-state index is 14.0. The van der Waals surface area contributed by atoms with Gasteiger partial charge in [0, 0.05) is 12.1 Å². The monoisotopic (exact) mass is 1850 g/mol. The second-order valence-electron chi connectivity index (χ2n) is 30.6. The molecule has 8 aromatic heterocycles. The largest absolute Gasteiger partial charge is 0.479 e. The number of nitrogens with one attached hydrogen (secondary N) is 6. The van der Waals surface area contributed by atoms with Crippen LogP contribution in [0.3, 0.4) is 0 Å². The van der Waals surface area contributed by atoms with Gasteiger partial charge in [0.1, 0.15) is 92.7 Å². The van der Waals surface area contributed by atoms with Crippen LogP contribution in [0.25, 0.3) is 0 Å². The number of esters is 4. The second-order valence-corrected chi connectivity index (χ2v) is 30.6. The summed E-state index contributed by atoms with van der Waals surface area (Å²) >= 11 is 0. The van der Waals surface area contributed by atoms with Crippen LogP contribution in [-0.4, -0.2) is 196 Å². The lowest BCUT2D eigenvalue weighted by atomic mass is 10.2. The zero-order chi connectivity index (χ0) is 97.7. The van der Waals surface area contributed by atoms with Gasteiger partial charge in [-0.25, -0.2) is 68.6 Å². The molecule has 8 heterocycles. The van der Waals surface area contributed by atoms with E-state index in [0.717, 1.165) is 44.6 Å². The summed E-state index contributed by atoms with van der Waals surface area (Å²) in [7, 11) is 2.23. The van der Waals surface area contributed by atoms with Crippen LogP contribution in [-0.2, 0) is 51.3 Å². The van der Waals surface area contributed by atoms with Crippen LogP contribution >= 0.6 is 0 Å². The van der Waals surface area contributed by atoms with Crippen LogP contribution in [0, 0.1) is 32.1 Å². The summed E-state index contributed by atoms with van der Waals surface area (Å²) in [4.78, 5) is 209. The number of aliphatic carboxylic acids is 2. The predicted molar refractivity (Wildman–Crippen MR) is 469 cm³/mol.